The van der Waals surface area contributed by atoms with E-state index in [0.717, 1.165) is 50.5 Å². The molecular formula is C15H22N2O4S. The summed E-state index contributed by atoms with van der Waals surface area (Å²) in [6.07, 6.45) is 1.80. The highest BCUT2D eigenvalue weighted by Crippen LogP contribution is 2.27. The van der Waals surface area contributed by atoms with Crippen molar-refractivity contribution < 1.29 is 17.9 Å². The Bertz CT molecular complexity index is 612. The number of fused-ring (bicyclic) bond motifs is 1. The van der Waals surface area contributed by atoms with Crippen LogP contribution in [-0.4, -0.2) is 59.3 Å². The van der Waals surface area contributed by atoms with Crippen LogP contribution in [0.5, 0.6) is 5.75 Å². The fourth-order valence-electron chi connectivity index (χ4n) is 2.75. The molecule has 2 aliphatic rings. The summed E-state index contributed by atoms with van der Waals surface area (Å²) in [5.41, 5.74) is 0.974. The molecule has 0 atom stereocenters. The van der Waals surface area contributed by atoms with Gasteiger partial charge in [-0.25, -0.2) is 13.1 Å². The second kappa shape index (κ2) is 6.95. The molecule has 6 nitrogen and oxygen atoms in total. The molecule has 0 saturated carbocycles. The number of morpholine rings is 1. The van der Waals surface area contributed by atoms with Gasteiger partial charge in [-0.2, -0.15) is 0 Å². The van der Waals surface area contributed by atoms with Crippen LogP contribution in [0, 0.1) is 0 Å². The molecular weight excluding hydrogens is 304 g/mol. The number of aryl methyl sites for hydroxylation is 1. The van der Waals surface area contributed by atoms with Gasteiger partial charge in [-0.05, 0) is 36.6 Å². The van der Waals surface area contributed by atoms with E-state index in [9.17, 15) is 8.42 Å². The first-order chi connectivity index (χ1) is 10.6. The maximum Gasteiger partial charge on any atom is 0.240 e. The molecule has 0 aromatic heterocycles. The third-order valence-corrected chi connectivity index (χ3v) is 5.47. The quantitative estimate of drug-likeness (QED) is 0.859. The van der Waals surface area contributed by atoms with Crippen molar-refractivity contribution in [2.24, 2.45) is 0 Å². The Hall–Kier alpha value is -1.15. The third-order valence-electron chi connectivity index (χ3n) is 4.01. The summed E-state index contributed by atoms with van der Waals surface area (Å²) in [5.74, 6) is 0.804. The molecule has 0 aliphatic carbocycles. The number of nitrogens with zero attached hydrogens (tertiary/aromatic N) is 1. The molecule has 2 aliphatic heterocycles. The normalized spacial score (nSPS) is 19.5. The number of hydrogen-bond acceptors (Lipinski definition) is 5. The van der Waals surface area contributed by atoms with Gasteiger partial charge in [0.05, 0.1) is 24.7 Å². The molecule has 0 spiro atoms. The fourth-order valence-corrected chi connectivity index (χ4v) is 3.82. The predicted octanol–water partition coefficient (Wildman–Crippen LogP) is 0.622. The monoisotopic (exact) mass is 326 g/mol. The summed E-state index contributed by atoms with van der Waals surface area (Å²) >= 11 is 0. The first-order valence-corrected chi connectivity index (χ1v) is 9.19. The van der Waals surface area contributed by atoms with E-state index in [1.54, 1.807) is 18.2 Å². The zero-order valence-electron chi connectivity index (χ0n) is 12.6. The summed E-state index contributed by atoms with van der Waals surface area (Å²) in [4.78, 5) is 2.52. The lowest BCUT2D eigenvalue weighted by Gasteiger charge is -2.26. The Balaban J connectivity index is 1.60. The number of sulfonamides is 1. The highest BCUT2D eigenvalue weighted by Gasteiger charge is 2.18. The number of rotatable bonds is 5. The molecule has 22 heavy (non-hydrogen) atoms. The standard InChI is InChI=1S/C15H22N2O4S/c18-22(19,16-5-6-17-7-10-20-11-8-17)14-3-4-15-13(12-14)2-1-9-21-15/h3-4,12,16H,1-2,5-11H2. The molecule has 1 aromatic rings. The van der Waals surface area contributed by atoms with E-state index in [1.165, 1.54) is 0 Å². The zero-order chi connectivity index (χ0) is 15.4. The Morgan fingerprint density at radius 1 is 1.18 bits per heavy atom. The maximum atomic E-state index is 12.4. The van der Waals surface area contributed by atoms with Crippen LogP contribution in [0.3, 0.4) is 0 Å². The molecule has 0 unspecified atom stereocenters. The van der Waals surface area contributed by atoms with Crippen LogP contribution >= 0.6 is 0 Å². The lowest BCUT2D eigenvalue weighted by atomic mass is 10.1. The van der Waals surface area contributed by atoms with Crippen LogP contribution in [-0.2, 0) is 21.2 Å². The van der Waals surface area contributed by atoms with Gasteiger partial charge in [-0.3, -0.25) is 4.90 Å². The van der Waals surface area contributed by atoms with Crippen molar-refractivity contribution in [1.82, 2.24) is 9.62 Å². The lowest BCUT2D eigenvalue weighted by Crippen LogP contribution is -2.41. The smallest absolute Gasteiger partial charge is 0.240 e. The largest absolute Gasteiger partial charge is 0.493 e. The molecule has 3 rings (SSSR count). The van der Waals surface area contributed by atoms with Crippen LogP contribution in [0.25, 0.3) is 0 Å². The van der Waals surface area contributed by atoms with Crippen molar-refractivity contribution in [3.8, 4) is 5.75 Å². The van der Waals surface area contributed by atoms with Crippen molar-refractivity contribution in [2.45, 2.75) is 17.7 Å². The van der Waals surface area contributed by atoms with E-state index in [4.69, 9.17) is 9.47 Å². The molecule has 0 amide bonds. The molecule has 1 N–H and O–H groups in total. The summed E-state index contributed by atoms with van der Waals surface area (Å²) in [6.45, 7) is 4.98. The van der Waals surface area contributed by atoms with Crippen LogP contribution in [0.2, 0.25) is 0 Å². The summed E-state index contributed by atoms with van der Waals surface area (Å²) in [7, 11) is -3.46. The van der Waals surface area contributed by atoms with Gasteiger partial charge in [-0.15, -0.1) is 0 Å². The second-order valence-electron chi connectivity index (χ2n) is 5.57. The fraction of sp³-hybridized carbons (Fsp3) is 0.600. The topological polar surface area (TPSA) is 67.9 Å². The van der Waals surface area contributed by atoms with Gasteiger partial charge in [0, 0.05) is 26.2 Å². The van der Waals surface area contributed by atoms with Gasteiger partial charge in [0.1, 0.15) is 5.75 Å². The molecule has 122 valence electrons. The third kappa shape index (κ3) is 3.78. The number of benzene rings is 1. The minimum Gasteiger partial charge on any atom is -0.493 e. The molecule has 1 saturated heterocycles. The predicted molar refractivity (Wildman–Crippen MR) is 82.7 cm³/mol. The Morgan fingerprint density at radius 2 is 2.00 bits per heavy atom. The number of nitrogens with one attached hydrogen (secondary N) is 1. The minimum absolute atomic E-state index is 0.318. The average molecular weight is 326 g/mol. The molecule has 2 heterocycles. The Labute approximate surface area is 131 Å². The van der Waals surface area contributed by atoms with E-state index in [2.05, 4.69) is 9.62 Å². The zero-order valence-corrected chi connectivity index (χ0v) is 13.4. The van der Waals surface area contributed by atoms with Crippen molar-refractivity contribution in [1.29, 1.82) is 0 Å². The molecule has 1 aromatic carbocycles. The van der Waals surface area contributed by atoms with Gasteiger partial charge in [0.15, 0.2) is 0 Å². The van der Waals surface area contributed by atoms with Gasteiger partial charge >= 0.3 is 0 Å². The molecule has 7 heteroatoms. The van der Waals surface area contributed by atoms with Gasteiger partial charge in [-0.1, -0.05) is 0 Å². The van der Waals surface area contributed by atoms with E-state index >= 15 is 0 Å². The van der Waals surface area contributed by atoms with E-state index < -0.39 is 10.0 Å². The van der Waals surface area contributed by atoms with Crippen LogP contribution in [0.15, 0.2) is 23.1 Å². The SMILES string of the molecule is O=S(=O)(NCCN1CCOCC1)c1ccc2c(c1)CCCO2. The van der Waals surface area contributed by atoms with E-state index in [1.807, 2.05) is 0 Å². The van der Waals surface area contributed by atoms with Crippen molar-refractivity contribution in [3.63, 3.8) is 0 Å². The number of hydrogen-bond donors (Lipinski definition) is 1. The van der Waals surface area contributed by atoms with Crippen LogP contribution in [0.4, 0.5) is 0 Å². The molecule has 1 fully saturated rings. The Kier molecular flexibility index (Phi) is 4.97. The highest BCUT2D eigenvalue weighted by atomic mass is 32.2. The first-order valence-electron chi connectivity index (χ1n) is 7.71. The van der Waals surface area contributed by atoms with Gasteiger partial charge in [0.2, 0.25) is 10.0 Å². The second-order valence-corrected chi connectivity index (χ2v) is 7.34. The average Bonchev–Trinajstić information content (AvgIpc) is 2.55. The maximum absolute atomic E-state index is 12.4. The Morgan fingerprint density at radius 3 is 2.82 bits per heavy atom. The molecule has 0 bridgehead atoms. The lowest BCUT2D eigenvalue weighted by molar-refractivity contribution is 0.0390. The number of ether oxygens (including phenoxy) is 2. The van der Waals surface area contributed by atoms with Crippen molar-refractivity contribution in [2.75, 3.05) is 46.0 Å². The van der Waals surface area contributed by atoms with Crippen molar-refractivity contribution >= 4 is 10.0 Å². The van der Waals surface area contributed by atoms with E-state index in [0.29, 0.717) is 24.6 Å². The van der Waals surface area contributed by atoms with Crippen LogP contribution < -0.4 is 9.46 Å². The van der Waals surface area contributed by atoms with Gasteiger partial charge < -0.3 is 9.47 Å². The summed E-state index contributed by atoms with van der Waals surface area (Å²) < 4.78 is 38.2. The molecule has 0 radical (unpaired) electrons. The summed E-state index contributed by atoms with van der Waals surface area (Å²) in [6, 6.07) is 5.10. The van der Waals surface area contributed by atoms with Crippen molar-refractivity contribution in [3.05, 3.63) is 23.8 Å². The highest BCUT2D eigenvalue weighted by molar-refractivity contribution is 7.89. The van der Waals surface area contributed by atoms with Crippen LogP contribution in [0.1, 0.15) is 12.0 Å². The van der Waals surface area contributed by atoms with E-state index in [-0.39, 0.29) is 0 Å². The minimum atomic E-state index is -3.46. The first kappa shape index (κ1) is 15.7. The van der Waals surface area contributed by atoms with Gasteiger partial charge in [0.25, 0.3) is 0 Å². The summed E-state index contributed by atoms with van der Waals surface area (Å²) in [5, 5.41) is 0.